The first-order valence-corrected chi connectivity index (χ1v) is 13.9. The van der Waals surface area contributed by atoms with Crippen LogP contribution in [0.15, 0.2) is 109 Å². The fourth-order valence-corrected chi connectivity index (χ4v) is 4.95. The highest BCUT2D eigenvalue weighted by Crippen LogP contribution is 2.17. The zero-order valence-corrected chi connectivity index (χ0v) is 23.1. The summed E-state index contributed by atoms with van der Waals surface area (Å²) in [6, 6.07) is 29.6. The van der Waals surface area contributed by atoms with Gasteiger partial charge in [0.2, 0.25) is 11.8 Å². The normalized spacial score (nSPS) is 13.9. The van der Waals surface area contributed by atoms with Crippen LogP contribution in [0.3, 0.4) is 0 Å². The Kier molecular flexibility index (Phi) is 10.7. The van der Waals surface area contributed by atoms with Crippen molar-refractivity contribution in [2.24, 2.45) is 0 Å². The Labute approximate surface area is 245 Å². The lowest BCUT2D eigenvalue weighted by atomic mass is 9.90. The Morgan fingerprint density at radius 3 is 1.24 bits per heavy atom. The summed E-state index contributed by atoms with van der Waals surface area (Å²) < 4.78 is 0. The van der Waals surface area contributed by atoms with Crippen LogP contribution in [0, 0.1) is 0 Å². The zero-order chi connectivity index (χ0) is 29.9. The van der Waals surface area contributed by atoms with Gasteiger partial charge < -0.3 is 31.1 Å². The van der Waals surface area contributed by atoms with Gasteiger partial charge in [0.25, 0.3) is 0 Å². The molecule has 4 rings (SSSR count). The van der Waals surface area contributed by atoms with Crippen molar-refractivity contribution in [1.82, 2.24) is 10.6 Å². The number of aliphatic hydroxyl groups excluding tert-OH is 2. The average Bonchev–Trinajstić information content (AvgIpc) is 2.97. The number of carbonyl (C=O) groups excluding carboxylic acids is 2. The van der Waals surface area contributed by atoms with Gasteiger partial charge in [-0.1, -0.05) is 84.9 Å². The molecule has 218 valence electrons. The molecule has 4 aromatic carbocycles. The van der Waals surface area contributed by atoms with Crippen LogP contribution in [0.5, 0.6) is 11.5 Å². The Morgan fingerprint density at radius 1 is 0.524 bits per heavy atom. The smallest absolute Gasteiger partial charge is 0.224 e. The van der Waals surface area contributed by atoms with E-state index >= 15 is 0 Å². The second-order valence-corrected chi connectivity index (χ2v) is 10.4. The lowest BCUT2D eigenvalue weighted by Crippen LogP contribution is -2.57. The van der Waals surface area contributed by atoms with E-state index < -0.39 is 24.3 Å². The third kappa shape index (κ3) is 9.19. The topological polar surface area (TPSA) is 139 Å². The molecule has 0 heterocycles. The minimum absolute atomic E-state index is 0.0311. The van der Waals surface area contributed by atoms with Gasteiger partial charge in [-0.05, 0) is 59.4 Å². The molecule has 0 aliphatic rings. The number of phenolic OH excluding ortho intramolecular Hbond substituents is 2. The van der Waals surface area contributed by atoms with E-state index in [0.29, 0.717) is 11.1 Å². The largest absolute Gasteiger partial charge is 0.508 e. The van der Waals surface area contributed by atoms with Crippen molar-refractivity contribution in [2.75, 3.05) is 0 Å². The minimum Gasteiger partial charge on any atom is -0.508 e. The number of hydrogen-bond donors (Lipinski definition) is 6. The lowest BCUT2D eigenvalue weighted by molar-refractivity contribution is -0.125. The molecule has 0 saturated carbocycles. The SMILES string of the molecule is O=C(Cc1cccc(O)c1)NC(Cc1ccccc1)C(O)C(O)C(Cc1ccccc1)NC(=O)Cc1cccc(O)c1. The van der Waals surface area contributed by atoms with Crippen LogP contribution >= 0.6 is 0 Å². The Bertz CT molecular complexity index is 1340. The van der Waals surface area contributed by atoms with Gasteiger partial charge in [0.05, 0.1) is 24.9 Å². The first kappa shape index (κ1) is 30.3. The predicted molar refractivity (Wildman–Crippen MR) is 160 cm³/mol. The Morgan fingerprint density at radius 2 is 0.881 bits per heavy atom. The van der Waals surface area contributed by atoms with Crippen molar-refractivity contribution < 1.29 is 30.0 Å². The third-order valence-electron chi connectivity index (χ3n) is 7.01. The van der Waals surface area contributed by atoms with E-state index in [9.17, 15) is 30.0 Å². The second-order valence-electron chi connectivity index (χ2n) is 10.4. The molecule has 0 spiro atoms. The molecule has 2 amide bonds. The van der Waals surface area contributed by atoms with Crippen molar-refractivity contribution >= 4 is 11.8 Å². The summed E-state index contributed by atoms with van der Waals surface area (Å²) in [5, 5.41) is 48.3. The van der Waals surface area contributed by atoms with Gasteiger partial charge in [0.1, 0.15) is 23.7 Å². The van der Waals surface area contributed by atoms with E-state index in [1.54, 1.807) is 24.3 Å². The maximum Gasteiger partial charge on any atom is 0.224 e. The summed E-state index contributed by atoms with van der Waals surface area (Å²) in [7, 11) is 0. The quantitative estimate of drug-likeness (QED) is 0.147. The fraction of sp³-hybridized carbons (Fsp3) is 0.235. The zero-order valence-electron chi connectivity index (χ0n) is 23.1. The molecule has 0 radical (unpaired) electrons. The maximum absolute atomic E-state index is 13.0. The number of rotatable bonds is 13. The molecule has 0 bridgehead atoms. The molecule has 42 heavy (non-hydrogen) atoms. The summed E-state index contributed by atoms with van der Waals surface area (Å²) >= 11 is 0. The van der Waals surface area contributed by atoms with Crippen molar-refractivity contribution in [3.05, 3.63) is 131 Å². The number of nitrogens with one attached hydrogen (secondary N) is 2. The van der Waals surface area contributed by atoms with Crippen molar-refractivity contribution in [2.45, 2.75) is 50.0 Å². The van der Waals surface area contributed by atoms with E-state index in [0.717, 1.165) is 11.1 Å². The second kappa shape index (κ2) is 14.8. The summed E-state index contributed by atoms with van der Waals surface area (Å²) in [6.45, 7) is 0. The average molecular weight is 569 g/mol. The molecule has 4 aromatic rings. The van der Waals surface area contributed by atoms with Crippen LogP contribution < -0.4 is 10.6 Å². The Balaban J connectivity index is 1.54. The standard InChI is InChI=1S/C34H36N2O6/c37-27-15-7-13-25(17-27)21-31(39)35-29(19-23-9-3-1-4-10-23)33(41)34(42)30(20-24-11-5-2-6-12-24)36-32(40)22-26-14-8-16-28(38)18-26/h1-18,29-30,33-34,37-38,41-42H,19-22H2,(H,35,39)(H,36,40). The molecule has 0 aromatic heterocycles. The first-order chi connectivity index (χ1) is 20.3. The van der Waals surface area contributed by atoms with E-state index in [-0.39, 0.29) is 49.0 Å². The number of benzene rings is 4. The molecule has 0 saturated heterocycles. The van der Waals surface area contributed by atoms with Crippen LogP contribution in [-0.2, 0) is 35.3 Å². The highest BCUT2D eigenvalue weighted by atomic mass is 16.3. The van der Waals surface area contributed by atoms with Crippen LogP contribution in [0.2, 0.25) is 0 Å². The molecular weight excluding hydrogens is 532 g/mol. The van der Waals surface area contributed by atoms with E-state index in [2.05, 4.69) is 10.6 Å². The van der Waals surface area contributed by atoms with E-state index in [1.165, 1.54) is 24.3 Å². The molecule has 0 fully saturated rings. The van der Waals surface area contributed by atoms with E-state index in [4.69, 9.17) is 0 Å². The summed E-state index contributed by atoms with van der Waals surface area (Å²) in [6.07, 6.45) is -2.46. The van der Waals surface area contributed by atoms with Crippen LogP contribution in [0.4, 0.5) is 0 Å². The van der Waals surface area contributed by atoms with Crippen LogP contribution in [-0.4, -0.2) is 56.5 Å². The molecule has 4 atom stereocenters. The van der Waals surface area contributed by atoms with Crippen molar-refractivity contribution in [3.8, 4) is 11.5 Å². The third-order valence-corrected chi connectivity index (χ3v) is 7.01. The van der Waals surface area contributed by atoms with Gasteiger partial charge in [-0.15, -0.1) is 0 Å². The Hall–Kier alpha value is -4.66. The maximum atomic E-state index is 13.0. The van der Waals surface area contributed by atoms with Crippen molar-refractivity contribution in [3.63, 3.8) is 0 Å². The molecule has 8 heteroatoms. The van der Waals surface area contributed by atoms with E-state index in [1.807, 2.05) is 60.7 Å². The highest BCUT2D eigenvalue weighted by molar-refractivity contribution is 5.79. The predicted octanol–water partition coefficient (Wildman–Crippen LogP) is 3.06. The van der Waals surface area contributed by atoms with Gasteiger partial charge in [0, 0.05) is 0 Å². The number of aromatic hydroxyl groups is 2. The van der Waals surface area contributed by atoms with Gasteiger partial charge in [-0.2, -0.15) is 0 Å². The monoisotopic (exact) mass is 568 g/mol. The highest BCUT2D eigenvalue weighted by Gasteiger charge is 2.34. The number of aliphatic hydroxyl groups is 2. The van der Waals surface area contributed by atoms with Crippen LogP contribution in [0.25, 0.3) is 0 Å². The number of phenols is 2. The molecular formula is C34H36N2O6. The van der Waals surface area contributed by atoms with Crippen LogP contribution in [0.1, 0.15) is 22.3 Å². The van der Waals surface area contributed by atoms with Crippen molar-refractivity contribution in [1.29, 1.82) is 0 Å². The lowest BCUT2D eigenvalue weighted by Gasteiger charge is -2.33. The first-order valence-electron chi connectivity index (χ1n) is 13.9. The van der Waals surface area contributed by atoms with Gasteiger partial charge >= 0.3 is 0 Å². The number of amides is 2. The van der Waals surface area contributed by atoms with Gasteiger partial charge in [-0.3, -0.25) is 9.59 Å². The van der Waals surface area contributed by atoms with Gasteiger partial charge in [-0.25, -0.2) is 0 Å². The summed E-state index contributed by atoms with van der Waals surface area (Å²) in [5.74, 6) is -0.691. The molecule has 4 unspecified atom stereocenters. The summed E-state index contributed by atoms with van der Waals surface area (Å²) in [5.41, 5.74) is 2.89. The fourth-order valence-electron chi connectivity index (χ4n) is 4.95. The molecule has 0 aliphatic heterocycles. The summed E-state index contributed by atoms with van der Waals surface area (Å²) in [4.78, 5) is 26.1. The number of carbonyl (C=O) groups is 2. The number of hydrogen-bond acceptors (Lipinski definition) is 6. The molecule has 8 nitrogen and oxygen atoms in total. The molecule has 6 N–H and O–H groups in total. The van der Waals surface area contributed by atoms with Gasteiger partial charge in [0.15, 0.2) is 0 Å². The molecule has 0 aliphatic carbocycles. The minimum atomic E-state index is -1.44.